The molecule has 0 unspecified atom stereocenters. The van der Waals surface area contributed by atoms with Crippen molar-refractivity contribution >= 4 is 28.7 Å². The molecule has 1 fully saturated rings. The van der Waals surface area contributed by atoms with Gasteiger partial charge in [-0.15, -0.1) is 0 Å². The van der Waals surface area contributed by atoms with Gasteiger partial charge in [0.2, 0.25) is 16.3 Å². The van der Waals surface area contributed by atoms with E-state index in [2.05, 4.69) is 22.5 Å². The first-order chi connectivity index (χ1) is 14.5. The number of nitrogens with zero attached hydrogens (tertiary/aromatic N) is 4. The van der Waals surface area contributed by atoms with Crippen molar-refractivity contribution in [1.82, 2.24) is 10.2 Å². The van der Waals surface area contributed by atoms with Gasteiger partial charge in [0.15, 0.2) is 0 Å². The zero-order chi connectivity index (χ0) is 21.5. The molecule has 10 nitrogen and oxygen atoms in total. The zero-order valence-corrected chi connectivity index (χ0v) is 18.1. The molecule has 0 spiro atoms. The fraction of sp³-hybridized carbons (Fsp3) is 0.474. The molecule has 2 aromatic rings. The Labute approximate surface area is 179 Å². The number of thioether (sulfide) groups is 1. The number of benzene rings is 1. The monoisotopic (exact) mass is 436 g/mol. The summed E-state index contributed by atoms with van der Waals surface area (Å²) in [6.45, 7) is 3.52. The molecule has 3 rings (SSSR count). The van der Waals surface area contributed by atoms with Crippen LogP contribution in [0.1, 0.15) is 16.8 Å². The number of likely N-dealkylation sites (N-methyl/N-ethyl adjacent to an activating group) is 1. The van der Waals surface area contributed by atoms with Crippen LogP contribution in [0.3, 0.4) is 0 Å². The summed E-state index contributed by atoms with van der Waals surface area (Å²) in [4.78, 5) is 28.6. The van der Waals surface area contributed by atoms with Crippen LogP contribution >= 0.6 is 11.8 Å². The van der Waals surface area contributed by atoms with Gasteiger partial charge in [-0.1, -0.05) is 17.8 Å². The minimum absolute atomic E-state index is 0.142. The molecule has 0 radical (unpaired) electrons. The summed E-state index contributed by atoms with van der Waals surface area (Å²) in [6, 6.07) is 5.14. The van der Waals surface area contributed by atoms with Crippen molar-refractivity contribution in [1.29, 1.82) is 0 Å². The Morgan fingerprint density at radius 2 is 1.87 bits per heavy atom. The molecule has 11 heteroatoms. The largest absolute Gasteiger partial charge is 0.496 e. The van der Waals surface area contributed by atoms with Crippen molar-refractivity contribution in [2.24, 2.45) is 0 Å². The molecular weight excluding hydrogens is 410 g/mol. The van der Waals surface area contributed by atoms with E-state index in [1.807, 2.05) is 5.01 Å². The van der Waals surface area contributed by atoms with Gasteiger partial charge in [0.1, 0.15) is 17.1 Å². The third kappa shape index (κ3) is 5.42. The van der Waals surface area contributed by atoms with Crippen LogP contribution in [-0.4, -0.2) is 74.4 Å². The maximum Gasteiger partial charge on any atom is 0.305 e. The molecule has 0 saturated carbocycles. The molecule has 1 amide bonds. The van der Waals surface area contributed by atoms with Crippen molar-refractivity contribution in [2.45, 2.75) is 6.42 Å². The predicted molar refractivity (Wildman–Crippen MR) is 112 cm³/mol. The van der Waals surface area contributed by atoms with Gasteiger partial charge in [0.25, 0.3) is 6.20 Å². The molecule has 0 atom stereocenters. The molecule has 1 saturated heterocycles. The second-order valence-corrected chi connectivity index (χ2v) is 7.78. The lowest BCUT2D eigenvalue weighted by atomic mass is 10.2. The molecule has 162 valence electrons. The van der Waals surface area contributed by atoms with Crippen molar-refractivity contribution < 1.29 is 28.4 Å². The van der Waals surface area contributed by atoms with Gasteiger partial charge in [0.05, 0.1) is 32.1 Å². The molecule has 1 aliphatic heterocycles. The van der Waals surface area contributed by atoms with Crippen LogP contribution in [0.4, 0.5) is 5.88 Å². The minimum atomic E-state index is -0.260. The summed E-state index contributed by atoms with van der Waals surface area (Å²) in [7, 11) is 5.06. The van der Waals surface area contributed by atoms with Crippen molar-refractivity contribution in [3.63, 3.8) is 0 Å². The van der Waals surface area contributed by atoms with Crippen LogP contribution in [0.2, 0.25) is 0 Å². The topological polar surface area (TPSA) is 101 Å². The Morgan fingerprint density at radius 3 is 2.50 bits per heavy atom. The fourth-order valence-electron chi connectivity index (χ4n) is 2.99. The number of hydrogen-bond acceptors (Lipinski definition) is 9. The van der Waals surface area contributed by atoms with Crippen molar-refractivity contribution in [3.05, 3.63) is 30.0 Å². The van der Waals surface area contributed by atoms with Crippen molar-refractivity contribution in [3.8, 4) is 11.5 Å². The average molecular weight is 437 g/mol. The number of carbonyl (C=O) groups is 2. The number of anilines is 1. The van der Waals surface area contributed by atoms with Gasteiger partial charge in [-0.2, -0.15) is 5.01 Å². The summed E-state index contributed by atoms with van der Waals surface area (Å²) < 4.78 is 15.7. The molecule has 1 aromatic carbocycles. The van der Waals surface area contributed by atoms with E-state index in [4.69, 9.17) is 14.0 Å². The SMILES string of the molecule is COc1cccc(OC)c1C(=O)SCCC(=O)Nc1c[n+](N2CCN(C)CC2)no1. The van der Waals surface area contributed by atoms with E-state index in [0.717, 1.165) is 37.9 Å². The highest BCUT2D eigenvalue weighted by atomic mass is 32.2. The fourth-order valence-corrected chi connectivity index (χ4v) is 3.81. The Morgan fingerprint density at radius 1 is 1.20 bits per heavy atom. The molecule has 1 N–H and O–H groups in total. The van der Waals surface area contributed by atoms with Crippen LogP contribution < -0.4 is 24.6 Å². The minimum Gasteiger partial charge on any atom is -0.496 e. The molecule has 30 heavy (non-hydrogen) atoms. The number of methoxy groups -OCH3 is 2. The maximum atomic E-state index is 12.6. The highest BCUT2D eigenvalue weighted by Gasteiger charge is 2.25. The van der Waals surface area contributed by atoms with Crippen LogP contribution in [0.5, 0.6) is 11.5 Å². The lowest BCUT2D eigenvalue weighted by Gasteiger charge is -2.26. The van der Waals surface area contributed by atoms with Gasteiger partial charge in [0, 0.05) is 25.3 Å². The standard InChI is InChI=1S/C19H25N5O5S/c1-22-8-10-23(11-9-22)24-13-17(29-21-24)20-16(25)7-12-30-19(26)18-14(27-2)5-4-6-15(18)28-3/h4-6,13H,7-12H2,1-3H3/p+1. The van der Waals surface area contributed by atoms with E-state index in [1.165, 1.54) is 14.2 Å². The second kappa shape index (κ2) is 10.3. The van der Waals surface area contributed by atoms with E-state index in [-0.39, 0.29) is 23.3 Å². The number of rotatable bonds is 8. The van der Waals surface area contributed by atoms with Gasteiger partial charge in [-0.3, -0.25) is 19.4 Å². The predicted octanol–water partition coefficient (Wildman–Crippen LogP) is 0.765. The average Bonchev–Trinajstić information content (AvgIpc) is 3.21. The smallest absolute Gasteiger partial charge is 0.305 e. The van der Waals surface area contributed by atoms with Crippen LogP contribution in [-0.2, 0) is 4.79 Å². The Balaban J connectivity index is 1.48. The summed E-state index contributed by atoms with van der Waals surface area (Å²) in [5.41, 5.74) is 0.358. The van der Waals surface area contributed by atoms with Crippen molar-refractivity contribution in [2.75, 3.05) is 63.5 Å². The van der Waals surface area contributed by atoms with Crippen LogP contribution in [0.15, 0.2) is 28.9 Å². The second-order valence-electron chi connectivity index (χ2n) is 6.72. The third-order valence-corrected chi connectivity index (χ3v) is 5.56. The number of amides is 1. The first kappa shape index (κ1) is 21.9. The van der Waals surface area contributed by atoms with E-state index < -0.39 is 0 Å². The molecule has 0 bridgehead atoms. The number of ether oxygens (including phenoxy) is 2. The van der Waals surface area contributed by atoms with Gasteiger partial charge in [-0.05, 0) is 19.2 Å². The van der Waals surface area contributed by atoms with Gasteiger partial charge >= 0.3 is 5.88 Å². The number of piperazine rings is 1. The summed E-state index contributed by atoms with van der Waals surface area (Å²) in [5.74, 6) is 1.18. The van der Waals surface area contributed by atoms with E-state index >= 15 is 0 Å². The lowest BCUT2D eigenvalue weighted by Crippen LogP contribution is -2.64. The number of carbonyl (C=O) groups excluding carboxylic acids is 2. The maximum absolute atomic E-state index is 12.6. The normalized spacial score (nSPS) is 14.4. The lowest BCUT2D eigenvalue weighted by molar-refractivity contribution is -0.759. The summed E-state index contributed by atoms with van der Waals surface area (Å²) in [5, 5.41) is 8.44. The highest BCUT2D eigenvalue weighted by molar-refractivity contribution is 8.14. The molecule has 0 aliphatic carbocycles. The zero-order valence-electron chi connectivity index (χ0n) is 17.3. The highest BCUT2D eigenvalue weighted by Crippen LogP contribution is 2.32. The quantitative estimate of drug-likeness (QED) is 0.601. The molecule has 1 aromatic heterocycles. The summed E-state index contributed by atoms with van der Waals surface area (Å²) >= 11 is 1.03. The first-order valence-corrected chi connectivity index (χ1v) is 10.5. The molecule has 1 aliphatic rings. The number of nitrogens with one attached hydrogen (secondary N) is 1. The Hall–Kier alpha value is -2.79. The number of aromatic nitrogens is 2. The molecular formula is C19H26N5O5S+. The van der Waals surface area contributed by atoms with E-state index in [9.17, 15) is 9.59 Å². The first-order valence-electron chi connectivity index (χ1n) is 9.52. The van der Waals surface area contributed by atoms with Crippen LogP contribution in [0.25, 0.3) is 0 Å². The van der Waals surface area contributed by atoms with Gasteiger partial charge < -0.3 is 14.4 Å². The third-order valence-electron chi connectivity index (χ3n) is 4.68. The summed E-state index contributed by atoms with van der Waals surface area (Å²) in [6.07, 6.45) is 1.78. The van der Waals surface area contributed by atoms with Crippen LogP contribution in [0, 0.1) is 0 Å². The Kier molecular flexibility index (Phi) is 7.52. The van der Waals surface area contributed by atoms with E-state index in [0.29, 0.717) is 22.8 Å². The molecule has 2 heterocycles. The van der Waals surface area contributed by atoms with E-state index in [1.54, 1.807) is 29.2 Å². The number of hydrogen-bond donors (Lipinski definition) is 1. The van der Waals surface area contributed by atoms with Gasteiger partial charge in [-0.25, -0.2) is 0 Å². The Bertz CT molecular complexity index is 860.